The van der Waals surface area contributed by atoms with Gasteiger partial charge in [0, 0.05) is 19.5 Å². The number of amides is 2. The first-order valence-corrected chi connectivity index (χ1v) is 7.76. The molecule has 1 heterocycles. The monoisotopic (exact) mass is 266 g/mol. The Balaban J connectivity index is 1.91. The van der Waals surface area contributed by atoms with Gasteiger partial charge in [0.2, 0.25) is 11.8 Å². The molecule has 2 amide bonds. The Bertz CT molecular complexity index is 322. The second kappa shape index (κ2) is 6.92. The van der Waals surface area contributed by atoms with E-state index in [9.17, 15) is 9.59 Å². The standard InChI is InChI=1S/C15H26N2O2/c1-12(18)17-11-7-6-10-14(17)15(19)16-13-8-4-2-3-5-9-13/h13-14H,2-11H2,1H3,(H,16,19). The molecule has 1 saturated carbocycles. The van der Waals surface area contributed by atoms with Gasteiger partial charge in [-0.3, -0.25) is 9.59 Å². The summed E-state index contributed by atoms with van der Waals surface area (Å²) in [6, 6.07) is 0.0974. The van der Waals surface area contributed by atoms with Gasteiger partial charge in [-0.2, -0.15) is 0 Å². The zero-order valence-electron chi connectivity index (χ0n) is 12.0. The molecule has 1 atom stereocenters. The van der Waals surface area contributed by atoms with E-state index >= 15 is 0 Å². The molecule has 0 aromatic heterocycles. The van der Waals surface area contributed by atoms with Crippen LogP contribution in [0.1, 0.15) is 64.7 Å². The summed E-state index contributed by atoms with van der Waals surface area (Å²) < 4.78 is 0. The molecule has 1 unspecified atom stereocenters. The maximum Gasteiger partial charge on any atom is 0.243 e. The van der Waals surface area contributed by atoms with Crippen molar-refractivity contribution < 1.29 is 9.59 Å². The zero-order chi connectivity index (χ0) is 13.7. The molecule has 0 bridgehead atoms. The van der Waals surface area contributed by atoms with Crippen molar-refractivity contribution in [2.45, 2.75) is 76.8 Å². The van der Waals surface area contributed by atoms with Crippen LogP contribution in [-0.4, -0.2) is 35.3 Å². The molecule has 1 aliphatic heterocycles. The lowest BCUT2D eigenvalue weighted by Gasteiger charge is -2.34. The molecule has 0 aromatic rings. The van der Waals surface area contributed by atoms with Crippen molar-refractivity contribution in [2.24, 2.45) is 0 Å². The Kier molecular flexibility index (Phi) is 5.23. The number of rotatable bonds is 2. The number of nitrogens with one attached hydrogen (secondary N) is 1. The molecule has 1 aliphatic carbocycles. The molecular weight excluding hydrogens is 240 g/mol. The minimum absolute atomic E-state index is 0.0284. The van der Waals surface area contributed by atoms with Gasteiger partial charge < -0.3 is 10.2 Å². The van der Waals surface area contributed by atoms with Gasteiger partial charge in [-0.1, -0.05) is 25.7 Å². The second-order valence-corrected chi connectivity index (χ2v) is 5.92. The third-order valence-electron chi connectivity index (χ3n) is 4.41. The number of hydrogen-bond donors (Lipinski definition) is 1. The van der Waals surface area contributed by atoms with Crippen LogP contribution in [0.3, 0.4) is 0 Å². The lowest BCUT2D eigenvalue weighted by molar-refractivity contribution is -0.141. The fourth-order valence-corrected chi connectivity index (χ4v) is 3.30. The van der Waals surface area contributed by atoms with Crippen molar-refractivity contribution in [3.05, 3.63) is 0 Å². The van der Waals surface area contributed by atoms with Crippen molar-refractivity contribution in [3.8, 4) is 0 Å². The van der Waals surface area contributed by atoms with E-state index in [0.717, 1.165) is 38.6 Å². The summed E-state index contributed by atoms with van der Waals surface area (Å²) in [4.78, 5) is 25.7. The lowest BCUT2D eigenvalue weighted by Crippen LogP contribution is -2.53. The number of piperidine rings is 1. The molecule has 0 spiro atoms. The Morgan fingerprint density at radius 2 is 1.58 bits per heavy atom. The van der Waals surface area contributed by atoms with Crippen LogP contribution in [-0.2, 0) is 9.59 Å². The van der Waals surface area contributed by atoms with Gasteiger partial charge in [0.05, 0.1) is 0 Å². The largest absolute Gasteiger partial charge is 0.352 e. The van der Waals surface area contributed by atoms with E-state index in [1.165, 1.54) is 25.7 Å². The summed E-state index contributed by atoms with van der Waals surface area (Å²) >= 11 is 0. The lowest BCUT2D eigenvalue weighted by atomic mass is 10.00. The summed E-state index contributed by atoms with van der Waals surface area (Å²) in [5, 5.41) is 3.18. The fourth-order valence-electron chi connectivity index (χ4n) is 3.30. The highest BCUT2D eigenvalue weighted by Crippen LogP contribution is 2.20. The Labute approximate surface area is 115 Å². The average molecular weight is 266 g/mol. The predicted octanol–water partition coefficient (Wildman–Crippen LogP) is 2.23. The maximum absolute atomic E-state index is 12.4. The van der Waals surface area contributed by atoms with Crippen molar-refractivity contribution in [2.75, 3.05) is 6.54 Å². The van der Waals surface area contributed by atoms with E-state index in [1.807, 2.05) is 0 Å². The topological polar surface area (TPSA) is 49.4 Å². The van der Waals surface area contributed by atoms with Gasteiger partial charge >= 0.3 is 0 Å². The molecular formula is C15H26N2O2. The molecule has 1 saturated heterocycles. The molecule has 108 valence electrons. The van der Waals surface area contributed by atoms with Gasteiger partial charge in [0.15, 0.2) is 0 Å². The first-order chi connectivity index (χ1) is 9.18. The molecule has 2 aliphatic rings. The Hall–Kier alpha value is -1.06. The number of nitrogens with zero attached hydrogens (tertiary/aromatic N) is 1. The van der Waals surface area contributed by atoms with Crippen molar-refractivity contribution in [1.29, 1.82) is 0 Å². The smallest absolute Gasteiger partial charge is 0.243 e. The van der Waals surface area contributed by atoms with E-state index in [1.54, 1.807) is 11.8 Å². The van der Waals surface area contributed by atoms with Crippen LogP contribution < -0.4 is 5.32 Å². The van der Waals surface area contributed by atoms with Crippen molar-refractivity contribution in [1.82, 2.24) is 10.2 Å². The first-order valence-electron chi connectivity index (χ1n) is 7.76. The molecule has 4 heteroatoms. The molecule has 0 radical (unpaired) electrons. The van der Waals surface area contributed by atoms with Gasteiger partial charge in [-0.05, 0) is 32.1 Å². The third-order valence-corrected chi connectivity index (χ3v) is 4.41. The average Bonchev–Trinajstić information content (AvgIpc) is 2.67. The number of carbonyl (C=O) groups excluding carboxylic acids is 2. The first kappa shape index (κ1) is 14.4. The highest BCUT2D eigenvalue weighted by atomic mass is 16.2. The van der Waals surface area contributed by atoms with E-state index in [2.05, 4.69) is 5.32 Å². The van der Waals surface area contributed by atoms with Gasteiger partial charge in [-0.25, -0.2) is 0 Å². The summed E-state index contributed by atoms with van der Waals surface area (Å²) in [5.41, 5.74) is 0. The Morgan fingerprint density at radius 1 is 0.947 bits per heavy atom. The van der Waals surface area contributed by atoms with E-state index < -0.39 is 0 Å². The quantitative estimate of drug-likeness (QED) is 0.779. The van der Waals surface area contributed by atoms with Crippen molar-refractivity contribution in [3.63, 3.8) is 0 Å². The highest BCUT2D eigenvalue weighted by Gasteiger charge is 2.31. The highest BCUT2D eigenvalue weighted by molar-refractivity contribution is 5.87. The summed E-state index contributed by atoms with van der Waals surface area (Å²) in [6.45, 7) is 2.30. The second-order valence-electron chi connectivity index (χ2n) is 5.92. The SMILES string of the molecule is CC(=O)N1CCCCC1C(=O)NC1CCCCCC1. The van der Waals surface area contributed by atoms with Crippen LogP contribution in [0.2, 0.25) is 0 Å². The molecule has 19 heavy (non-hydrogen) atoms. The van der Waals surface area contributed by atoms with E-state index in [-0.39, 0.29) is 17.9 Å². The van der Waals surface area contributed by atoms with Crippen LogP contribution in [0.15, 0.2) is 0 Å². The van der Waals surface area contributed by atoms with E-state index in [4.69, 9.17) is 0 Å². The molecule has 0 aromatic carbocycles. The van der Waals surface area contributed by atoms with Crippen molar-refractivity contribution >= 4 is 11.8 Å². The number of hydrogen-bond acceptors (Lipinski definition) is 2. The summed E-state index contributed by atoms with van der Waals surface area (Å²) in [6.07, 6.45) is 10.1. The van der Waals surface area contributed by atoms with Crippen LogP contribution in [0.25, 0.3) is 0 Å². The van der Waals surface area contributed by atoms with Crippen LogP contribution >= 0.6 is 0 Å². The van der Waals surface area contributed by atoms with Crippen LogP contribution in [0, 0.1) is 0 Å². The minimum Gasteiger partial charge on any atom is -0.352 e. The minimum atomic E-state index is -0.227. The van der Waals surface area contributed by atoms with Gasteiger partial charge in [0.25, 0.3) is 0 Å². The number of carbonyl (C=O) groups is 2. The maximum atomic E-state index is 12.4. The predicted molar refractivity (Wildman–Crippen MR) is 74.7 cm³/mol. The van der Waals surface area contributed by atoms with Gasteiger partial charge in [0.1, 0.15) is 6.04 Å². The molecule has 2 fully saturated rings. The summed E-state index contributed by atoms with van der Waals surface area (Å²) in [7, 11) is 0. The fraction of sp³-hybridized carbons (Fsp3) is 0.867. The molecule has 4 nitrogen and oxygen atoms in total. The third kappa shape index (κ3) is 3.95. The van der Waals surface area contributed by atoms with Gasteiger partial charge in [-0.15, -0.1) is 0 Å². The van der Waals surface area contributed by atoms with Crippen LogP contribution in [0.4, 0.5) is 0 Å². The zero-order valence-corrected chi connectivity index (χ0v) is 12.0. The van der Waals surface area contributed by atoms with E-state index in [0.29, 0.717) is 6.04 Å². The molecule has 2 rings (SSSR count). The Morgan fingerprint density at radius 3 is 2.21 bits per heavy atom. The number of likely N-dealkylation sites (tertiary alicyclic amines) is 1. The summed E-state index contributed by atoms with van der Waals surface area (Å²) in [5.74, 6) is 0.0996. The molecule has 1 N–H and O–H groups in total. The van der Waals surface area contributed by atoms with Crippen LogP contribution in [0.5, 0.6) is 0 Å². The normalized spacial score (nSPS) is 25.7.